The number of ether oxygens (including phenoxy) is 1. The van der Waals surface area contributed by atoms with E-state index in [2.05, 4.69) is 11.5 Å². The predicted octanol–water partition coefficient (Wildman–Crippen LogP) is 5.65. The van der Waals surface area contributed by atoms with Crippen molar-refractivity contribution in [1.82, 2.24) is 9.55 Å². The third-order valence-electron chi connectivity index (χ3n) is 4.63. The molecule has 0 unspecified atom stereocenters. The number of rotatable bonds is 8. The van der Waals surface area contributed by atoms with Gasteiger partial charge in [-0.3, -0.25) is 0 Å². The standard InChI is InChI=1S/C22H25ClN2O2/c1-3-5-6-11-21-24-19-13-12-16(22(26)27-4-2)14-20(19)25(21)15-17-9-7-8-10-18(17)23/h7-10,12-14H,3-6,11,15H2,1-2H3. The van der Waals surface area contributed by atoms with Gasteiger partial charge in [0.25, 0.3) is 0 Å². The molecule has 0 saturated heterocycles. The second-order valence-corrected chi connectivity index (χ2v) is 6.99. The SMILES string of the molecule is CCCCCc1nc2ccc(C(=O)OCC)cc2n1Cc1ccccc1Cl. The van der Waals surface area contributed by atoms with E-state index in [1.165, 1.54) is 6.42 Å². The Morgan fingerprint density at radius 1 is 1.15 bits per heavy atom. The van der Waals surface area contributed by atoms with Crippen molar-refractivity contribution in [2.24, 2.45) is 0 Å². The van der Waals surface area contributed by atoms with E-state index in [-0.39, 0.29) is 5.97 Å². The number of aromatic nitrogens is 2. The molecule has 5 heteroatoms. The number of unbranched alkanes of at least 4 members (excludes halogenated alkanes) is 2. The van der Waals surface area contributed by atoms with Gasteiger partial charge in [0.2, 0.25) is 0 Å². The fourth-order valence-corrected chi connectivity index (χ4v) is 3.41. The van der Waals surface area contributed by atoms with Gasteiger partial charge in [-0.15, -0.1) is 0 Å². The normalized spacial score (nSPS) is 11.1. The van der Waals surface area contributed by atoms with Crippen molar-refractivity contribution in [1.29, 1.82) is 0 Å². The lowest BCUT2D eigenvalue weighted by Gasteiger charge is -2.11. The summed E-state index contributed by atoms with van der Waals surface area (Å²) in [6.45, 7) is 4.99. The third kappa shape index (κ3) is 4.51. The Kier molecular flexibility index (Phi) is 6.51. The number of hydrogen-bond acceptors (Lipinski definition) is 3. The smallest absolute Gasteiger partial charge is 0.338 e. The van der Waals surface area contributed by atoms with Crippen LogP contribution < -0.4 is 0 Å². The average molecular weight is 385 g/mol. The second kappa shape index (κ2) is 9.05. The number of hydrogen-bond donors (Lipinski definition) is 0. The second-order valence-electron chi connectivity index (χ2n) is 6.59. The van der Waals surface area contributed by atoms with Crippen molar-refractivity contribution in [3.63, 3.8) is 0 Å². The predicted molar refractivity (Wildman–Crippen MR) is 109 cm³/mol. The van der Waals surface area contributed by atoms with Crippen LogP contribution in [0, 0.1) is 0 Å². The Bertz CT molecular complexity index is 933. The van der Waals surface area contributed by atoms with E-state index < -0.39 is 0 Å². The third-order valence-corrected chi connectivity index (χ3v) is 5.00. The molecule has 0 aliphatic carbocycles. The number of carbonyl (C=O) groups excluding carboxylic acids is 1. The minimum Gasteiger partial charge on any atom is -0.462 e. The minimum absolute atomic E-state index is 0.308. The van der Waals surface area contributed by atoms with Gasteiger partial charge in [-0.25, -0.2) is 9.78 Å². The Hall–Kier alpha value is -2.33. The summed E-state index contributed by atoms with van der Waals surface area (Å²) in [6, 6.07) is 13.4. The maximum Gasteiger partial charge on any atom is 0.338 e. The lowest BCUT2D eigenvalue weighted by molar-refractivity contribution is 0.0526. The summed E-state index contributed by atoms with van der Waals surface area (Å²) >= 11 is 6.39. The number of nitrogens with zero attached hydrogens (tertiary/aromatic N) is 2. The van der Waals surface area contributed by atoms with Crippen LogP contribution in [0.15, 0.2) is 42.5 Å². The molecule has 0 fully saturated rings. The Morgan fingerprint density at radius 3 is 2.70 bits per heavy atom. The highest BCUT2D eigenvalue weighted by Crippen LogP contribution is 2.24. The first-order valence-corrected chi connectivity index (χ1v) is 9.91. The van der Waals surface area contributed by atoms with Gasteiger partial charge in [0.05, 0.1) is 29.7 Å². The monoisotopic (exact) mass is 384 g/mol. The van der Waals surface area contributed by atoms with Crippen LogP contribution in [-0.4, -0.2) is 22.1 Å². The molecule has 0 atom stereocenters. The van der Waals surface area contributed by atoms with E-state index in [1.54, 1.807) is 6.07 Å². The summed E-state index contributed by atoms with van der Waals surface area (Å²) < 4.78 is 7.33. The minimum atomic E-state index is -0.308. The van der Waals surface area contributed by atoms with Gasteiger partial charge < -0.3 is 9.30 Å². The van der Waals surface area contributed by atoms with Crippen molar-refractivity contribution in [3.05, 3.63) is 64.4 Å². The van der Waals surface area contributed by atoms with Gasteiger partial charge in [0.1, 0.15) is 5.82 Å². The van der Waals surface area contributed by atoms with Gasteiger partial charge in [0.15, 0.2) is 0 Å². The van der Waals surface area contributed by atoms with E-state index in [0.717, 1.165) is 46.7 Å². The molecule has 3 aromatic rings. The van der Waals surface area contributed by atoms with Crippen LogP contribution in [0.5, 0.6) is 0 Å². The fourth-order valence-electron chi connectivity index (χ4n) is 3.21. The summed E-state index contributed by atoms with van der Waals surface area (Å²) in [5.41, 5.74) is 3.41. The molecule has 0 bridgehead atoms. The first-order valence-electron chi connectivity index (χ1n) is 9.53. The molecule has 0 N–H and O–H groups in total. The molecule has 0 spiro atoms. The zero-order valence-corrected chi connectivity index (χ0v) is 16.6. The summed E-state index contributed by atoms with van der Waals surface area (Å²) in [5.74, 6) is 0.719. The van der Waals surface area contributed by atoms with Crippen LogP contribution in [0.2, 0.25) is 5.02 Å². The van der Waals surface area contributed by atoms with Crippen LogP contribution >= 0.6 is 11.6 Å². The highest BCUT2D eigenvalue weighted by molar-refractivity contribution is 6.31. The maximum absolute atomic E-state index is 12.2. The largest absolute Gasteiger partial charge is 0.462 e. The molecular weight excluding hydrogens is 360 g/mol. The molecule has 142 valence electrons. The van der Waals surface area contributed by atoms with Crippen LogP contribution in [0.3, 0.4) is 0 Å². The van der Waals surface area contributed by atoms with Crippen LogP contribution in [0.25, 0.3) is 11.0 Å². The molecule has 0 saturated carbocycles. The van der Waals surface area contributed by atoms with Gasteiger partial charge in [-0.05, 0) is 43.2 Å². The summed E-state index contributed by atoms with van der Waals surface area (Å²) in [7, 11) is 0. The number of fused-ring (bicyclic) bond motifs is 1. The van der Waals surface area contributed by atoms with Gasteiger partial charge in [-0.2, -0.15) is 0 Å². The fraction of sp³-hybridized carbons (Fsp3) is 0.364. The van der Waals surface area contributed by atoms with Gasteiger partial charge in [-0.1, -0.05) is 49.6 Å². The van der Waals surface area contributed by atoms with E-state index >= 15 is 0 Å². The van der Waals surface area contributed by atoms with Gasteiger partial charge >= 0.3 is 5.97 Å². The summed E-state index contributed by atoms with van der Waals surface area (Å²) in [6.07, 6.45) is 4.33. The number of aryl methyl sites for hydroxylation is 1. The van der Waals surface area contributed by atoms with E-state index in [1.807, 2.05) is 43.3 Å². The first-order chi connectivity index (χ1) is 13.1. The van der Waals surface area contributed by atoms with Crippen molar-refractivity contribution < 1.29 is 9.53 Å². The van der Waals surface area contributed by atoms with Gasteiger partial charge in [0, 0.05) is 11.4 Å². The maximum atomic E-state index is 12.2. The number of halogens is 1. The molecule has 2 aromatic carbocycles. The Balaban J connectivity index is 2.04. The quantitative estimate of drug-likeness (QED) is 0.372. The Morgan fingerprint density at radius 2 is 1.96 bits per heavy atom. The number of imidazole rings is 1. The van der Waals surface area contributed by atoms with Crippen LogP contribution in [0.1, 0.15) is 54.9 Å². The van der Waals surface area contributed by atoms with E-state index in [9.17, 15) is 4.79 Å². The lowest BCUT2D eigenvalue weighted by Crippen LogP contribution is -2.07. The molecule has 1 heterocycles. The van der Waals surface area contributed by atoms with E-state index in [4.69, 9.17) is 21.3 Å². The average Bonchev–Trinajstić information content (AvgIpc) is 3.01. The number of carbonyl (C=O) groups is 1. The van der Waals surface area contributed by atoms with Crippen molar-refractivity contribution in [2.45, 2.75) is 46.1 Å². The number of benzene rings is 2. The van der Waals surface area contributed by atoms with Crippen LogP contribution in [-0.2, 0) is 17.7 Å². The number of esters is 1. The molecule has 0 aliphatic heterocycles. The topological polar surface area (TPSA) is 44.1 Å². The summed E-state index contributed by atoms with van der Waals surface area (Å²) in [4.78, 5) is 17.0. The molecule has 3 rings (SSSR count). The highest BCUT2D eigenvalue weighted by atomic mass is 35.5. The van der Waals surface area contributed by atoms with Crippen molar-refractivity contribution >= 4 is 28.6 Å². The van der Waals surface area contributed by atoms with Crippen LogP contribution in [0.4, 0.5) is 0 Å². The molecule has 1 aromatic heterocycles. The van der Waals surface area contributed by atoms with Crippen molar-refractivity contribution in [2.75, 3.05) is 6.61 Å². The molecule has 0 amide bonds. The van der Waals surface area contributed by atoms with E-state index in [0.29, 0.717) is 18.7 Å². The zero-order valence-electron chi connectivity index (χ0n) is 15.9. The first kappa shape index (κ1) is 19.4. The molecular formula is C22H25ClN2O2. The molecule has 27 heavy (non-hydrogen) atoms. The molecule has 4 nitrogen and oxygen atoms in total. The highest BCUT2D eigenvalue weighted by Gasteiger charge is 2.15. The lowest BCUT2D eigenvalue weighted by atomic mass is 10.1. The summed E-state index contributed by atoms with van der Waals surface area (Å²) in [5, 5.41) is 0.736. The van der Waals surface area contributed by atoms with Crippen molar-refractivity contribution in [3.8, 4) is 0 Å². The Labute approximate surface area is 165 Å². The molecule has 0 radical (unpaired) electrons. The molecule has 0 aliphatic rings. The zero-order chi connectivity index (χ0) is 19.2.